The predicted octanol–water partition coefficient (Wildman–Crippen LogP) is 0.592. The van der Waals surface area contributed by atoms with Crippen LogP contribution in [0, 0.1) is 5.92 Å². The Morgan fingerprint density at radius 1 is 1.58 bits per heavy atom. The second kappa shape index (κ2) is 5.74. The van der Waals surface area contributed by atoms with Crippen LogP contribution in [0.3, 0.4) is 0 Å². The molecule has 1 aromatic rings. The number of ether oxygens (including phenoxy) is 1. The first-order valence-electron chi connectivity index (χ1n) is 6.34. The number of H-pyrrole nitrogens is 1. The lowest BCUT2D eigenvalue weighted by atomic mass is 10.0. The van der Waals surface area contributed by atoms with Crippen LogP contribution in [0.4, 0.5) is 5.95 Å². The zero-order valence-electron chi connectivity index (χ0n) is 11.1. The van der Waals surface area contributed by atoms with Crippen LogP contribution in [0.2, 0.25) is 0 Å². The summed E-state index contributed by atoms with van der Waals surface area (Å²) in [6.07, 6.45) is 1.94. The lowest BCUT2D eigenvalue weighted by Crippen LogP contribution is -2.42. The number of nitrogens with one attached hydrogen (secondary N) is 2. The highest BCUT2D eigenvalue weighted by molar-refractivity contribution is 7.90. The summed E-state index contributed by atoms with van der Waals surface area (Å²) in [6.45, 7) is 5.33. The summed E-state index contributed by atoms with van der Waals surface area (Å²) in [5.74, 6) is 0.445. The Labute approximate surface area is 112 Å². The van der Waals surface area contributed by atoms with Crippen molar-refractivity contribution in [2.45, 2.75) is 26.7 Å². The van der Waals surface area contributed by atoms with E-state index in [1.807, 2.05) is 6.92 Å². The molecule has 0 bridgehead atoms. The molecule has 1 aliphatic heterocycles. The van der Waals surface area contributed by atoms with Gasteiger partial charge in [-0.3, -0.25) is 0 Å². The largest absolute Gasteiger partial charge is 0.463 e. The quantitative estimate of drug-likeness (QED) is 0.826. The third-order valence-corrected chi connectivity index (χ3v) is 4.39. The van der Waals surface area contributed by atoms with Gasteiger partial charge in [-0.25, -0.2) is 9.82 Å². The molecule has 19 heavy (non-hydrogen) atoms. The van der Waals surface area contributed by atoms with E-state index >= 15 is 0 Å². The highest BCUT2D eigenvalue weighted by Crippen LogP contribution is 2.19. The molecule has 0 aliphatic carbocycles. The molecule has 0 saturated carbocycles. The molecule has 8 nitrogen and oxygen atoms in total. The number of nitrogens with zero attached hydrogens (tertiary/aromatic N) is 3. The second-order valence-corrected chi connectivity index (χ2v) is 6.28. The van der Waals surface area contributed by atoms with Crippen LogP contribution in [-0.2, 0) is 10.2 Å². The highest BCUT2D eigenvalue weighted by atomic mass is 32.2. The van der Waals surface area contributed by atoms with Crippen molar-refractivity contribution in [2.75, 3.05) is 24.4 Å². The summed E-state index contributed by atoms with van der Waals surface area (Å²) in [5, 5.41) is 6.24. The summed E-state index contributed by atoms with van der Waals surface area (Å²) in [7, 11) is -3.58. The van der Waals surface area contributed by atoms with Crippen molar-refractivity contribution in [1.82, 2.24) is 19.5 Å². The van der Waals surface area contributed by atoms with Crippen molar-refractivity contribution in [1.29, 1.82) is 0 Å². The molecule has 1 saturated heterocycles. The van der Waals surface area contributed by atoms with Crippen LogP contribution in [0.5, 0.6) is 6.01 Å². The Bertz CT molecular complexity index is 515. The fourth-order valence-corrected chi connectivity index (χ4v) is 3.32. The molecular weight excluding hydrogens is 270 g/mol. The first kappa shape index (κ1) is 14.1. The van der Waals surface area contributed by atoms with E-state index in [2.05, 4.69) is 19.9 Å². The zero-order chi connectivity index (χ0) is 13.9. The number of hydrogen-bond acceptors (Lipinski definition) is 5. The fraction of sp³-hybridized carbons (Fsp3) is 0.800. The zero-order valence-corrected chi connectivity index (χ0v) is 11.9. The topological polar surface area (TPSA) is 100 Å². The molecule has 1 fully saturated rings. The summed E-state index contributed by atoms with van der Waals surface area (Å²) in [6, 6.07) is 0.132. The predicted molar refractivity (Wildman–Crippen MR) is 70.1 cm³/mol. The van der Waals surface area contributed by atoms with Crippen LogP contribution >= 0.6 is 0 Å². The molecule has 1 unspecified atom stereocenters. The monoisotopic (exact) mass is 289 g/mol. The normalized spacial score (nSPS) is 21.3. The first-order chi connectivity index (χ1) is 9.01. The molecule has 0 spiro atoms. The van der Waals surface area contributed by atoms with Gasteiger partial charge in [0.25, 0.3) is 0 Å². The molecule has 2 rings (SSSR count). The number of aromatic amines is 1. The molecule has 0 aromatic carbocycles. The van der Waals surface area contributed by atoms with Crippen LogP contribution in [0.25, 0.3) is 0 Å². The van der Waals surface area contributed by atoms with E-state index in [-0.39, 0.29) is 12.0 Å². The maximum absolute atomic E-state index is 12.2. The number of aromatic nitrogens is 3. The molecule has 9 heteroatoms. The third kappa shape index (κ3) is 3.57. The van der Waals surface area contributed by atoms with Crippen molar-refractivity contribution < 1.29 is 13.2 Å². The number of anilines is 1. The summed E-state index contributed by atoms with van der Waals surface area (Å²) in [4.78, 5) is 3.89. The van der Waals surface area contributed by atoms with Crippen molar-refractivity contribution in [3.63, 3.8) is 0 Å². The Kier molecular flexibility index (Phi) is 4.25. The van der Waals surface area contributed by atoms with Gasteiger partial charge in [-0.1, -0.05) is 6.92 Å². The van der Waals surface area contributed by atoms with Crippen LogP contribution < -0.4 is 9.46 Å². The van der Waals surface area contributed by atoms with Gasteiger partial charge in [-0.15, -0.1) is 5.10 Å². The van der Waals surface area contributed by atoms with E-state index in [1.165, 1.54) is 4.31 Å². The van der Waals surface area contributed by atoms with Gasteiger partial charge in [0, 0.05) is 13.1 Å². The summed E-state index contributed by atoms with van der Waals surface area (Å²) < 4.78 is 33.2. The maximum Gasteiger partial charge on any atom is 0.337 e. The van der Waals surface area contributed by atoms with E-state index < -0.39 is 10.2 Å². The van der Waals surface area contributed by atoms with Gasteiger partial charge in [-0.05, 0) is 25.7 Å². The number of piperidine rings is 1. The molecule has 108 valence electrons. The molecule has 2 heterocycles. The van der Waals surface area contributed by atoms with Gasteiger partial charge in [0.15, 0.2) is 0 Å². The number of rotatable bonds is 5. The Morgan fingerprint density at radius 3 is 3.05 bits per heavy atom. The van der Waals surface area contributed by atoms with Crippen molar-refractivity contribution >= 4 is 16.2 Å². The van der Waals surface area contributed by atoms with Gasteiger partial charge in [0.2, 0.25) is 5.95 Å². The molecule has 1 aromatic heterocycles. The molecule has 0 amide bonds. The first-order valence-corrected chi connectivity index (χ1v) is 7.78. The van der Waals surface area contributed by atoms with E-state index in [1.54, 1.807) is 6.92 Å². The lowest BCUT2D eigenvalue weighted by molar-refractivity contribution is 0.282. The van der Waals surface area contributed by atoms with Gasteiger partial charge < -0.3 is 4.74 Å². The highest BCUT2D eigenvalue weighted by Gasteiger charge is 2.27. The van der Waals surface area contributed by atoms with Gasteiger partial charge in [-0.2, -0.15) is 17.7 Å². The van der Waals surface area contributed by atoms with Crippen molar-refractivity contribution in [3.8, 4) is 6.01 Å². The molecule has 1 atom stereocenters. The fourth-order valence-electron chi connectivity index (χ4n) is 2.04. The SMILES string of the molecule is CCOc1n[nH]c(NS(=O)(=O)N2CCCC(C)C2)n1. The third-order valence-electron chi connectivity index (χ3n) is 2.92. The second-order valence-electron chi connectivity index (χ2n) is 4.61. The van der Waals surface area contributed by atoms with Crippen LogP contribution in [0.1, 0.15) is 26.7 Å². The average Bonchev–Trinajstić information content (AvgIpc) is 2.76. The summed E-state index contributed by atoms with van der Waals surface area (Å²) in [5.41, 5.74) is 0. The van der Waals surface area contributed by atoms with Crippen molar-refractivity contribution in [3.05, 3.63) is 0 Å². The minimum absolute atomic E-state index is 0.0710. The maximum atomic E-state index is 12.2. The van der Waals surface area contributed by atoms with E-state index in [0.717, 1.165) is 12.8 Å². The standard InChI is InChI=1S/C10H19N5O3S/c1-3-18-10-11-9(12-13-10)14-19(16,17)15-6-4-5-8(2)7-15/h8H,3-7H2,1-2H3,(H2,11,12,13,14). The Morgan fingerprint density at radius 2 is 2.37 bits per heavy atom. The Balaban J connectivity index is 2.03. The van der Waals surface area contributed by atoms with Crippen LogP contribution in [0.15, 0.2) is 0 Å². The van der Waals surface area contributed by atoms with Crippen LogP contribution in [-0.4, -0.2) is 47.6 Å². The minimum Gasteiger partial charge on any atom is -0.463 e. The molecule has 1 aliphatic rings. The molecule has 2 N–H and O–H groups in total. The summed E-state index contributed by atoms with van der Waals surface area (Å²) >= 11 is 0. The van der Waals surface area contributed by atoms with Crippen molar-refractivity contribution in [2.24, 2.45) is 5.92 Å². The Hall–Kier alpha value is -1.35. The molecule has 0 radical (unpaired) electrons. The van der Waals surface area contributed by atoms with E-state index in [9.17, 15) is 8.42 Å². The van der Waals surface area contributed by atoms with E-state index in [0.29, 0.717) is 25.6 Å². The van der Waals surface area contributed by atoms with E-state index in [4.69, 9.17) is 4.74 Å². The van der Waals surface area contributed by atoms with Gasteiger partial charge in [0.05, 0.1) is 6.61 Å². The number of hydrogen-bond donors (Lipinski definition) is 2. The minimum atomic E-state index is -3.58. The molecular formula is C10H19N5O3S. The smallest absolute Gasteiger partial charge is 0.337 e. The average molecular weight is 289 g/mol. The lowest BCUT2D eigenvalue weighted by Gasteiger charge is -2.29. The van der Waals surface area contributed by atoms with Gasteiger partial charge in [0.1, 0.15) is 0 Å². The van der Waals surface area contributed by atoms with Gasteiger partial charge >= 0.3 is 16.2 Å².